The van der Waals surface area contributed by atoms with Crippen LogP contribution in [0.15, 0.2) is 23.3 Å². The van der Waals surface area contributed by atoms with E-state index in [2.05, 4.69) is 10.0 Å². The van der Waals surface area contributed by atoms with Crippen molar-refractivity contribution in [2.24, 2.45) is 5.11 Å². The molecule has 0 aromatic heterocycles. The van der Waals surface area contributed by atoms with Crippen LogP contribution in [0.25, 0.3) is 10.4 Å². The van der Waals surface area contributed by atoms with E-state index < -0.39 is 0 Å². The molecular weight excluding hydrogens is 168 g/mol. The summed E-state index contributed by atoms with van der Waals surface area (Å²) in [6, 6.07) is 6.60. The van der Waals surface area contributed by atoms with Crippen molar-refractivity contribution in [3.63, 3.8) is 0 Å². The highest BCUT2D eigenvalue weighted by Gasteiger charge is 2.00. The molecule has 1 rings (SSSR count). The van der Waals surface area contributed by atoms with Crippen LogP contribution < -0.4 is 4.74 Å². The summed E-state index contributed by atoms with van der Waals surface area (Å²) in [5.41, 5.74) is 8.83. The largest absolute Gasteiger partial charge is 0.497 e. The van der Waals surface area contributed by atoms with Crippen LogP contribution >= 0.6 is 0 Å². The zero-order chi connectivity index (χ0) is 9.68. The van der Waals surface area contributed by atoms with Crippen LogP contribution in [-0.2, 0) is 0 Å². The van der Waals surface area contributed by atoms with E-state index in [4.69, 9.17) is 15.5 Å². The third-order valence-electron chi connectivity index (χ3n) is 1.48. The molecule has 13 heavy (non-hydrogen) atoms. The molecule has 0 fully saturated rings. The molecule has 0 N–H and O–H groups in total. The smallest absolute Gasteiger partial charge is 0.119 e. The number of methoxy groups -OCH3 is 1. The van der Waals surface area contributed by atoms with Gasteiger partial charge in [0.2, 0.25) is 0 Å². The molecular formula is C8H6N4O. The molecule has 0 bridgehead atoms. The standard InChI is InChI=1S/C8H6N4O/c1-13-7-3-2-6(5-9)8(4-7)11-12-10/h2-4H,1H3. The number of azide groups is 1. The minimum Gasteiger partial charge on any atom is -0.497 e. The van der Waals surface area contributed by atoms with Crippen molar-refractivity contribution in [1.82, 2.24) is 0 Å². The second-order valence-corrected chi connectivity index (χ2v) is 2.18. The molecule has 5 heteroatoms. The van der Waals surface area contributed by atoms with Crippen LogP contribution in [0.5, 0.6) is 5.75 Å². The number of ether oxygens (including phenoxy) is 1. The summed E-state index contributed by atoms with van der Waals surface area (Å²) < 4.78 is 4.91. The maximum atomic E-state index is 8.63. The summed E-state index contributed by atoms with van der Waals surface area (Å²) in [5.74, 6) is 0.557. The lowest BCUT2D eigenvalue weighted by molar-refractivity contribution is 0.415. The molecule has 0 saturated carbocycles. The fraction of sp³-hybridized carbons (Fsp3) is 0.125. The molecule has 0 radical (unpaired) electrons. The summed E-state index contributed by atoms with van der Waals surface area (Å²) in [7, 11) is 1.50. The summed E-state index contributed by atoms with van der Waals surface area (Å²) in [6.45, 7) is 0. The van der Waals surface area contributed by atoms with Gasteiger partial charge in [-0.15, -0.1) is 0 Å². The normalized spacial score (nSPS) is 8.31. The van der Waals surface area contributed by atoms with Crippen molar-refractivity contribution in [3.05, 3.63) is 34.2 Å². The van der Waals surface area contributed by atoms with Crippen molar-refractivity contribution in [3.8, 4) is 11.8 Å². The van der Waals surface area contributed by atoms with Crippen LogP contribution in [0.1, 0.15) is 5.56 Å². The van der Waals surface area contributed by atoms with Crippen molar-refractivity contribution in [2.75, 3.05) is 7.11 Å². The van der Waals surface area contributed by atoms with E-state index in [0.29, 0.717) is 11.3 Å². The molecule has 0 aliphatic heterocycles. The number of hydrogen-bond acceptors (Lipinski definition) is 3. The van der Waals surface area contributed by atoms with Crippen LogP contribution in [0.4, 0.5) is 5.69 Å². The second kappa shape index (κ2) is 4.00. The topological polar surface area (TPSA) is 81.8 Å². The van der Waals surface area contributed by atoms with Gasteiger partial charge in [-0.25, -0.2) is 0 Å². The molecule has 0 atom stereocenters. The summed E-state index contributed by atoms with van der Waals surface area (Å²) in [5, 5.41) is 12.0. The predicted octanol–water partition coefficient (Wildman–Crippen LogP) is 2.51. The first kappa shape index (κ1) is 8.91. The Balaban J connectivity index is 3.27. The number of benzene rings is 1. The Morgan fingerprint density at radius 2 is 2.38 bits per heavy atom. The Hall–Kier alpha value is -2.18. The van der Waals surface area contributed by atoms with Gasteiger partial charge in [-0.1, -0.05) is 5.11 Å². The first-order chi connectivity index (χ1) is 6.31. The van der Waals surface area contributed by atoms with Gasteiger partial charge in [0, 0.05) is 4.91 Å². The molecule has 5 nitrogen and oxygen atoms in total. The summed E-state index contributed by atoms with van der Waals surface area (Å²) in [6.07, 6.45) is 0. The van der Waals surface area contributed by atoms with Crippen molar-refractivity contribution in [1.29, 1.82) is 5.26 Å². The van der Waals surface area contributed by atoms with Gasteiger partial charge in [-0.05, 0) is 23.7 Å². The Labute approximate surface area is 74.8 Å². The van der Waals surface area contributed by atoms with Gasteiger partial charge in [-0.2, -0.15) is 5.26 Å². The fourth-order valence-corrected chi connectivity index (χ4v) is 0.864. The van der Waals surface area contributed by atoms with E-state index in [1.54, 1.807) is 12.1 Å². The van der Waals surface area contributed by atoms with E-state index in [9.17, 15) is 0 Å². The minimum atomic E-state index is 0.282. The molecule has 0 unspecified atom stereocenters. The van der Waals surface area contributed by atoms with Gasteiger partial charge in [0.1, 0.15) is 5.75 Å². The van der Waals surface area contributed by atoms with Crippen LogP contribution in [-0.4, -0.2) is 7.11 Å². The Bertz CT molecular complexity index is 401. The summed E-state index contributed by atoms with van der Waals surface area (Å²) >= 11 is 0. The van der Waals surface area contributed by atoms with Gasteiger partial charge in [0.15, 0.2) is 0 Å². The minimum absolute atomic E-state index is 0.282. The Kier molecular flexibility index (Phi) is 2.74. The monoisotopic (exact) mass is 174 g/mol. The maximum Gasteiger partial charge on any atom is 0.119 e. The highest BCUT2D eigenvalue weighted by Crippen LogP contribution is 2.24. The maximum absolute atomic E-state index is 8.63. The zero-order valence-corrected chi connectivity index (χ0v) is 6.93. The number of hydrogen-bond donors (Lipinski definition) is 0. The van der Waals surface area contributed by atoms with Gasteiger partial charge >= 0.3 is 0 Å². The van der Waals surface area contributed by atoms with Crippen molar-refractivity contribution in [2.45, 2.75) is 0 Å². The molecule has 1 aromatic rings. The average molecular weight is 174 g/mol. The molecule has 0 spiro atoms. The number of rotatable bonds is 2. The fourth-order valence-electron chi connectivity index (χ4n) is 0.864. The van der Waals surface area contributed by atoms with Gasteiger partial charge in [-0.3, -0.25) is 0 Å². The first-order valence-corrected chi connectivity index (χ1v) is 3.45. The van der Waals surface area contributed by atoms with Crippen LogP contribution in [0.2, 0.25) is 0 Å². The average Bonchev–Trinajstić information content (AvgIpc) is 2.18. The van der Waals surface area contributed by atoms with Gasteiger partial charge < -0.3 is 4.74 Å². The third kappa shape index (κ3) is 1.89. The SMILES string of the molecule is COc1ccc(C#N)c(N=[N+]=[N-])c1. The molecule has 0 amide bonds. The van der Waals surface area contributed by atoms with Gasteiger partial charge in [0.25, 0.3) is 0 Å². The molecule has 0 aliphatic carbocycles. The van der Waals surface area contributed by atoms with E-state index in [-0.39, 0.29) is 5.69 Å². The number of nitrogens with zero attached hydrogens (tertiary/aromatic N) is 4. The lowest BCUT2D eigenvalue weighted by atomic mass is 10.2. The van der Waals surface area contributed by atoms with E-state index in [1.807, 2.05) is 6.07 Å². The quantitative estimate of drug-likeness (QED) is 0.392. The highest BCUT2D eigenvalue weighted by molar-refractivity contribution is 5.56. The number of nitriles is 1. The van der Waals surface area contributed by atoms with Crippen molar-refractivity contribution >= 4 is 5.69 Å². The lowest BCUT2D eigenvalue weighted by Crippen LogP contribution is -1.83. The van der Waals surface area contributed by atoms with Crippen molar-refractivity contribution < 1.29 is 4.74 Å². The van der Waals surface area contributed by atoms with E-state index >= 15 is 0 Å². The Morgan fingerprint density at radius 3 is 2.92 bits per heavy atom. The molecule has 1 aromatic carbocycles. The molecule has 0 saturated heterocycles. The molecule has 0 heterocycles. The van der Waals surface area contributed by atoms with Crippen LogP contribution in [0.3, 0.4) is 0 Å². The van der Waals surface area contributed by atoms with E-state index in [1.165, 1.54) is 13.2 Å². The lowest BCUT2D eigenvalue weighted by Gasteiger charge is -2.00. The Morgan fingerprint density at radius 1 is 1.62 bits per heavy atom. The van der Waals surface area contributed by atoms with E-state index in [0.717, 1.165) is 0 Å². The van der Waals surface area contributed by atoms with Crippen LogP contribution in [0, 0.1) is 11.3 Å². The first-order valence-electron chi connectivity index (χ1n) is 3.45. The summed E-state index contributed by atoms with van der Waals surface area (Å²) in [4.78, 5) is 2.61. The zero-order valence-electron chi connectivity index (χ0n) is 6.93. The van der Waals surface area contributed by atoms with Gasteiger partial charge in [0.05, 0.1) is 24.4 Å². The highest BCUT2D eigenvalue weighted by atomic mass is 16.5. The third-order valence-corrected chi connectivity index (χ3v) is 1.48. The molecule has 64 valence electrons. The molecule has 0 aliphatic rings. The second-order valence-electron chi connectivity index (χ2n) is 2.18. The predicted molar refractivity (Wildman–Crippen MR) is 46.5 cm³/mol.